The summed E-state index contributed by atoms with van der Waals surface area (Å²) in [6.45, 7) is 6.75. The summed E-state index contributed by atoms with van der Waals surface area (Å²) in [5, 5.41) is 7.65. The average Bonchev–Trinajstić information content (AvgIpc) is 2.46. The zero-order chi connectivity index (χ0) is 14.8. The Bertz CT molecular complexity index is 408. The number of hydrogen-bond acceptors (Lipinski definition) is 3. The van der Waals surface area contributed by atoms with E-state index < -0.39 is 0 Å². The molecule has 0 saturated carbocycles. The lowest BCUT2D eigenvalue weighted by Gasteiger charge is -2.12. The first-order valence-corrected chi connectivity index (χ1v) is 8.47. The summed E-state index contributed by atoms with van der Waals surface area (Å²) in [4.78, 5) is 8.64. The third-order valence-electron chi connectivity index (χ3n) is 2.75. The van der Waals surface area contributed by atoms with Crippen molar-refractivity contribution in [2.24, 2.45) is 4.99 Å². The van der Waals surface area contributed by atoms with E-state index in [9.17, 15) is 0 Å². The molecule has 0 bridgehead atoms. The third-order valence-corrected chi connectivity index (χ3v) is 3.93. The van der Waals surface area contributed by atoms with Crippen LogP contribution in [0.4, 0.5) is 0 Å². The number of halogens is 1. The summed E-state index contributed by atoms with van der Waals surface area (Å²) in [6.07, 6.45) is 4.81. The van der Waals surface area contributed by atoms with Crippen LogP contribution in [0.3, 0.4) is 0 Å². The predicted octanol–water partition coefficient (Wildman–Crippen LogP) is 2.58. The molecule has 1 unspecified atom stereocenters. The maximum atomic E-state index is 5.76. The van der Waals surface area contributed by atoms with Gasteiger partial charge in [0.1, 0.15) is 5.15 Å². The van der Waals surface area contributed by atoms with Crippen LogP contribution in [0.2, 0.25) is 5.15 Å². The Labute approximate surface area is 130 Å². The lowest BCUT2D eigenvalue weighted by atomic mass is 10.2. The number of hydrogen-bond donors (Lipinski definition) is 2. The minimum Gasteiger partial charge on any atom is -0.357 e. The van der Waals surface area contributed by atoms with E-state index in [4.69, 9.17) is 11.6 Å². The quantitative estimate of drug-likeness (QED) is 0.461. The van der Waals surface area contributed by atoms with Crippen LogP contribution in [0, 0.1) is 0 Å². The summed E-state index contributed by atoms with van der Waals surface area (Å²) in [6, 6.07) is 3.81. The van der Waals surface area contributed by atoms with Crippen LogP contribution in [-0.4, -0.2) is 42.1 Å². The Hall–Kier alpha value is -0.940. The van der Waals surface area contributed by atoms with Crippen molar-refractivity contribution in [1.82, 2.24) is 15.6 Å². The minimum atomic E-state index is 0.530. The first-order valence-electron chi connectivity index (χ1n) is 6.81. The number of aliphatic imine (C=N–C) groups is 1. The first-order chi connectivity index (χ1) is 9.65. The Morgan fingerprint density at radius 2 is 2.25 bits per heavy atom. The molecule has 0 radical (unpaired) electrons. The van der Waals surface area contributed by atoms with E-state index in [1.165, 1.54) is 0 Å². The molecule has 0 saturated heterocycles. The number of nitrogens with one attached hydrogen (secondary N) is 2. The van der Waals surface area contributed by atoms with Gasteiger partial charge in [0.05, 0.1) is 6.54 Å². The maximum absolute atomic E-state index is 5.76. The van der Waals surface area contributed by atoms with E-state index in [2.05, 4.69) is 40.7 Å². The topological polar surface area (TPSA) is 49.3 Å². The molecule has 20 heavy (non-hydrogen) atoms. The first kappa shape index (κ1) is 17.1. The smallest absolute Gasteiger partial charge is 0.191 e. The van der Waals surface area contributed by atoms with Crippen molar-refractivity contribution in [1.29, 1.82) is 0 Å². The Morgan fingerprint density at radius 1 is 1.45 bits per heavy atom. The van der Waals surface area contributed by atoms with Gasteiger partial charge in [-0.3, -0.25) is 4.99 Å². The van der Waals surface area contributed by atoms with Gasteiger partial charge in [-0.2, -0.15) is 11.8 Å². The molecule has 1 aromatic heterocycles. The van der Waals surface area contributed by atoms with Crippen LogP contribution < -0.4 is 10.6 Å². The van der Waals surface area contributed by atoms with Crippen molar-refractivity contribution >= 4 is 29.3 Å². The molecule has 0 aromatic carbocycles. The standard InChI is InChI=1S/C14H23ClN4S/c1-4-16-14(19-9-11(2)20-3)17-8-7-12-5-6-13(15)18-10-12/h5-6,10-11H,4,7-9H2,1-3H3,(H2,16,17,19). The molecule has 0 aliphatic heterocycles. The second kappa shape index (κ2) is 9.88. The molecular weight excluding hydrogens is 292 g/mol. The van der Waals surface area contributed by atoms with Crippen LogP contribution in [-0.2, 0) is 6.42 Å². The summed E-state index contributed by atoms with van der Waals surface area (Å²) in [7, 11) is 0. The van der Waals surface area contributed by atoms with Gasteiger partial charge in [-0.05, 0) is 31.2 Å². The molecule has 0 spiro atoms. The molecule has 1 heterocycles. The predicted molar refractivity (Wildman–Crippen MR) is 89.9 cm³/mol. The zero-order valence-corrected chi connectivity index (χ0v) is 13.9. The number of thioether (sulfide) groups is 1. The highest BCUT2D eigenvalue weighted by Gasteiger charge is 2.01. The maximum Gasteiger partial charge on any atom is 0.191 e. The van der Waals surface area contributed by atoms with Gasteiger partial charge in [-0.1, -0.05) is 24.6 Å². The highest BCUT2D eigenvalue weighted by Crippen LogP contribution is 2.05. The normalized spacial score (nSPS) is 13.1. The molecule has 4 nitrogen and oxygen atoms in total. The monoisotopic (exact) mass is 314 g/mol. The van der Waals surface area contributed by atoms with E-state index >= 15 is 0 Å². The summed E-state index contributed by atoms with van der Waals surface area (Å²) >= 11 is 7.59. The third kappa shape index (κ3) is 7.01. The number of nitrogens with zero attached hydrogens (tertiary/aromatic N) is 2. The molecule has 6 heteroatoms. The second-order valence-electron chi connectivity index (χ2n) is 4.43. The Morgan fingerprint density at radius 3 is 2.85 bits per heavy atom. The summed E-state index contributed by atoms with van der Waals surface area (Å²) in [5.74, 6) is 0.871. The largest absolute Gasteiger partial charge is 0.357 e. The van der Waals surface area contributed by atoms with Crippen LogP contribution >= 0.6 is 23.4 Å². The molecule has 112 valence electrons. The van der Waals surface area contributed by atoms with E-state index in [1.807, 2.05) is 30.1 Å². The van der Waals surface area contributed by atoms with Crippen LogP contribution in [0.1, 0.15) is 19.4 Å². The molecule has 0 amide bonds. The minimum absolute atomic E-state index is 0.530. The number of guanidine groups is 1. The Kier molecular flexibility index (Phi) is 8.46. The van der Waals surface area contributed by atoms with Crippen molar-refractivity contribution in [2.75, 3.05) is 25.9 Å². The highest BCUT2D eigenvalue weighted by atomic mass is 35.5. The van der Waals surface area contributed by atoms with Crippen LogP contribution in [0.15, 0.2) is 23.3 Å². The van der Waals surface area contributed by atoms with Gasteiger partial charge >= 0.3 is 0 Å². The van der Waals surface area contributed by atoms with E-state index in [0.717, 1.165) is 37.6 Å². The number of pyridine rings is 1. The molecule has 0 aliphatic carbocycles. The van der Waals surface area contributed by atoms with Gasteiger partial charge in [0, 0.05) is 24.5 Å². The molecule has 0 aliphatic rings. The van der Waals surface area contributed by atoms with Gasteiger partial charge in [-0.15, -0.1) is 0 Å². The summed E-state index contributed by atoms with van der Waals surface area (Å²) in [5.41, 5.74) is 1.16. The van der Waals surface area contributed by atoms with E-state index in [0.29, 0.717) is 10.4 Å². The van der Waals surface area contributed by atoms with Gasteiger partial charge in [0.25, 0.3) is 0 Å². The fraction of sp³-hybridized carbons (Fsp3) is 0.571. The molecule has 1 rings (SSSR count). The lowest BCUT2D eigenvalue weighted by Crippen LogP contribution is -2.38. The van der Waals surface area contributed by atoms with Gasteiger partial charge in [0.15, 0.2) is 5.96 Å². The lowest BCUT2D eigenvalue weighted by molar-refractivity contribution is 0.794. The molecule has 2 N–H and O–H groups in total. The Balaban J connectivity index is 2.40. The van der Waals surface area contributed by atoms with E-state index in [1.54, 1.807) is 0 Å². The second-order valence-corrected chi connectivity index (χ2v) is 6.10. The zero-order valence-electron chi connectivity index (χ0n) is 12.3. The molecule has 1 atom stereocenters. The molecular formula is C14H23ClN4S. The van der Waals surface area contributed by atoms with Crippen molar-refractivity contribution in [3.63, 3.8) is 0 Å². The van der Waals surface area contributed by atoms with Gasteiger partial charge in [0.2, 0.25) is 0 Å². The van der Waals surface area contributed by atoms with E-state index in [-0.39, 0.29) is 0 Å². The fourth-order valence-corrected chi connectivity index (χ4v) is 1.85. The van der Waals surface area contributed by atoms with Crippen LogP contribution in [0.5, 0.6) is 0 Å². The SMILES string of the molecule is CCNC(=NCC(C)SC)NCCc1ccc(Cl)nc1. The fourth-order valence-electron chi connectivity index (χ4n) is 1.52. The molecule has 0 fully saturated rings. The van der Waals surface area contributed by atoms with Gasteiger partial charge in [-0.25, -0.2) is 4.98 Å². The average molecular weight is 315 g/mol. The van der Waals surface area contributed by atoms with Crippen molar-refractivity contribution in [2.45, 2.75) is 25.5 Å². The van der Waals surface area contributed by atoms with Gasteiger partial charge < -0.3 is 10.6 Å². The van der Waals surface area contributed by atoms with Crippen molar-refractivity contribution in [3.05, 3.63) is 29.0 Å². The van der Waals surface area contributed by atoms with Crippen molar-refractivity contribution in [3.8, 4) is 0 Å². The summed E-state index contributed by atoms with van der Waals surface area (Å²) < 4.78 is 0. The number of rotatable bonds is 7. The molecule has 1 aromatic rings. The van der Waals surface area contributed by atoms with Crippen molar-refractivity contribution < 1.29 is 0 Å². The highest BCUT2D eigenvalue weighted by molar-refractivity contribution is 7.99. The van der Waals surface area contributed by atoms with Crippen LogP contribution in [0.25, 0.3) is 0 Å². The number of aromatic nitrogens is 1.